The second kappa shape index (κ2) is 8.08. The Kier molecular flexibility index (Phi) is 6.11. The molecule has 0 saturated carbocycles. The van der Waals surface area contributed by atoms with Crippen LogP contribution in [0, 0.1) is 0 Å². The maximum absolute atomic E-state index is 12.0. The summed E-state index contributed by atoms with van der Waals surface area (Å²) in [5.41, 5.74) is 1.79. The number of hydrogen-bond donors (Lipinski definition) is 1. The molecule has 0 aliphatic carbocycles. The molecule has 0 aliphatic heterocycles. The normalized spacial score (nSPS) is 11.5. The van der Waals surface area contributed by atoms with Gasteiger partial charge in [0, 0.05) is 0 Å². The van der Waals surface area contributed by atoms with Crippen LogP contribution in [0.15, 0.2) is 54.6 Å². The van der Waals surface area contributed by atoms with Crippen molar-refractivity contribution < 1.29 is 17.9 Å². The molecule has 128 valence electrons. The molecule has 0 amide bonds. The Morgan fingerprint density at radius 2 is 1.67 bits per heavy atom. The van der Waals surface area contributed by atoms with Crippen molar-refractivity contribution >= 4 is 16.0 Å². The predicted molar refractivity (Wildman–Crippen MR) is 93.2 cm³/mol. The number of sulfonamides is 1. The van der Waals surface area contributed by atoms with Gasteiger partial charge in [0.2, 0.25) is 10.0 Å². The summed E-state index contributed by atoms with van der Waals surface area (Å²) < 4.78 is 31.3. The van der Waals surface area contributed by atoms with E-state index in [0.717, 1.165) is 5.56 Å². The van der Waals surface area contributed by atoms with Gasteiger partial charge >= 0.3 is 5.97 Å². The van der Waals surface area contributed by atoms with Gasteiger partial charge in [0.15, 0.2) is 0 Å². The topological polar surface area (TPSA) is 72.5 Å². The van der Waals surface area contributed by atoms with Gasteiger partial charge in [-0.2, -0.15) is 0 Å². The van der Waals surface area contributed by atoms with Gasteiger partial charge in [0.05, 0.1) is 5.75 Å². The van der Waals surface area contributed by atoms with Crippen molar-refractivity contribution in [3.63, 3.8) is 0 Å². The summed E-state index contributed by atoms with van der Waals surface area (Å²) in [7, 11) is -3.59. The van der Waals surface area contributed by atoms with Gasteiger partial charge in [0.1, 0.15) is 12.3 Å². The van der Waals surface area contributed by atoms with Crippen molar-refractivity contribution in [2.45, 2.75) is 25.5 Å². The van der Waals surface area contributed by atoms with Crippen LogP contribution in [0.2, 0.25) is 0 Å². The second-order valence-corrected chi connectivity index (χ2v) is 7.57. The fraction of sp³-hybridized carbons (Fsp3) is 0.278. The van der Waals surface area contributed by atoms with Gasteiger partial charge in [-0.05, 0) is 29.2 Å². The van der Waals surface area contributed by atoms with Gasteiger partial charge in [-0.25, -0.2) is 13.1 Å². The standard InChI is InChI=1S/C18H21NO4S/c1-14(2)16-8-10-17(11-9-16)23-18(20)12-19-24(21,22)13-15-6-4-3-5-7-15/h3-11,14,19H,12-13H2,1-2H3. The SMILES string of the molecule is CC(C)c1ccc(OC(=O)CNS(=O)(=O)Cc2ccccc2)cc1. The fourth-order valence-electron chi connectivity index (χ4n) is 2.10. The number of ether oxygens (including phenoxy) is 1. The third kappa shape index (κ3) is 5.79. The smallest absolute Gasteiger partial charge is 0.326 e. The molecule has 24 heavy (non-hydrogen) atoms. The summed E-state index contributed by atoms with van der Waals surface area (Å²) in [6.07, 6.45) is 0. The number of rotatable bonds is 7. The monoisotopic (exact) mass is 347 g/mol. The lowest BCUT2D eigenvalue weighted by molar-refractivity contribution is -0.133. The summed E-state index contributed by atoms with van der Waals surface area (Å²) in [6.45, 7) is 3.74. The molecule has 6 heteroatoms. The maximum Gasteiger partial charge on any atom is 0.326 e. The van der Waals surface area contributed by atoms with Crippen molar-refractivity contribution in [3.05, 3.63) is 65.7 Å². The summed E-state index contributed by atoms with van der Waals surface area (Å²) >= 11 is 0. The highest BCUT2D eigenvalue weighted by Crippen LogP contribution is 2.18. The molecule has 2 aromatic carbocycles. The Labute approximate surface area is 142 Å². The van der Waals surface area contributed by atoms with Crippen LogP contribution in [0.5, 0.6) is 5.75 Å². The zero-order valence-corrected chi connectivity index (χ0v) is 14.5. The molecule has 2 rings (SSSR count). The minimum absolute atomic E-state index is 0.176. The summed E-state index contributed by atoms with van der Waals surface area (Å²) in [4.78, 5) is 11.8. The van der Waals surface area contributed by atoms with Crippen LogP contribution in [0.3, 0.4) is 0 Å². The molecular weight excluding hydrogens is 326 g/mol. The second-order valence-electron chi connectivity index (χ2n) is 5.76. The fourth-order valence-corrected chi connectivity index (χ4v) is 3.17. The van der Waals surface area contributed by atoms with E-state index >= 15 is 0 Å². The van der Waals surface area contributed by atoms with Crippen molar-refractivity contribution in [2.24, 2.45) is 0 Å². The van der Waals surface area contributed by atoms with Gasteiger partial charge < -0.3 is 4.74 Å². The Morgan fingerprint density at radius 3 is 2.25 bits per heavy atom. The third-order valence-electron chi connectivity index (χ3n) is 3.41. The first kappa shape index (κ1) is 18.2. The molecule has 0 aromatic heterocycles. The van der Waals surface area contributed by atoms with Gasteiger partial charge in [-0.15, -0.1) is 0 Å². The van der Waals surface area contributed by atoms with E-state index in [0.29, 0.717) is 17.2 Å². The van der Waals surface area contributed by atoms with Gasteiger partial charge in [-0.3, -0.25) is 4.79 Å². The molecule has 0 radical (unpaired) electrons. The molecule has 1 N–H and O–H groups in total. The molecule has 0 saturated heterocycles. The summed E-state index contributed by atoms with van der Waals surface area (Å²) in [6, 6.07) is 15.9. The first-order chi connectivity index (χ1) is 11.4. The number of hydrogen-bond acceptors (Lipinski definition) is 4. The Balaban J connectivity index is 1.86. The summed E-state index contributed by atoms with van der Waals surface area (Å²) in [5.74, 6) is -0.0420. The Morgan fingerprint density at radius 1 is 1.04 bits per heavy atom. The van der Waals surface area contributed by atoms with Crippen LogP contribution in [-0.4, -0.2) is 20.9 Å². The van der Waals surface area contributed by atoms with Crippen LogP contribution in [-0.2, 0) is 20.6 Å². The zero-order chi connectivity index (χ0) is 17.6. The van der Waals surface area contributed by atoms with Crippen LogP contribution in [0.1, 0.15) is 30.9 Å². The molecule has 0 heterocycles. The van der Waals surface area contributed by atoms with Crippen molar-refractivity contribution in [1.82, 2.24) is 4.72 Å². The van der Waals surface area contributed by atoms with Crippen molar-refractivity contribution in [3.8, 4) is 5.75 Å². The lowest BCUT2D eigenvalue weighted by atomic mass is 10.0. The molecule has 0 unspecified atom stereocenters. The van der Waals surface area contributed by atoms with Crippen LogP contribution >= 0.6 is 0 Å². The van der Waals surface area contributed by atoms with E-state index in [4.69, 9.17) is 4.74 Å². The molecule has 2 aromatic rings. The van der Waals surface area contributed by atoms with Gasteiger partial charge in [0.25, 0.3) is 0 Å². The highest BCUT2D eigenvalue weighted by atomic mass is 32.2. The summed E-state index contributed by atoms with van der Waals surface area (Å²) in [5, 5.41) is 0. The average molecular weight is 347 g/mol. The highest BCUT2D eigenvalue weighted by molar-refractivity contribution is 7.88. The van der Waals surface area contributed by atoms with Crippen molar-refractivity contribution in [1.29, 1.82) is 0 Å². The molecule has 0 bridgehead atoms. The van der Waals surface area contributed by atoms with E-state index in [2.05, 4.69) is 18.6 Å². The van der Waals surface area contributed by atoms with E-state index in [1.807, 2.05) is 18.2 Å². The predicted octanol–water partition coefficient (Wildman–Crippen LogP) is 2.84. The van der Waals surface area contributed by atoms with E-state index in [1.165, 1.54) is 0 Å². The number of nitrogens with one attached hydrogen (secondary N) is 1. The largest absolute Gasteiger partial charge is 0.426 e. The van der Waals surface area contributed by atoms with E-state index < -0.39 is 22.5 Å². The molecule has 5 nitrogen and oxygen atoms in total. The van der Waals surface area contributed by atoms with Crippen LogP contribution in [0.4, 0.5) is 0 Å². The van der Waals surface area contributed by atoms with E-state index in [9.17, 15) is 13.2 Å². The number of carbonyl (C=O) groups excluding carboxylic acids is 1. The van der Waals surface area contributed by atoms with E-state index in [1.54, 1.807) is 36.4 Å². The lowest BCUT2D eigenvalue weighted by Gasteiger charge is -2.09. The van der Waals surface area contributed by atoms with E-state index in [-0.39, 0.29) is 5.75 Å². The minimum Gasteiger partial charge on any atom is -0.426 e. The molecular formula is C18H21NO4S. The van der Waals surface area contributed by atoms with Crippen molar-refractivity contribution in [2.75, 3.05) is 6.54 Å². The third-order valence-corrected chi connectivity index (χ3v) is 4.71. The first-order valence-corrected chi connectivity index (χ1v) is 9.33. The first-order valence-electron chi connectivity index (χ1n) is 7.67. The Hall–Kier alpha value is -2.18. The maximum atomic E-state index is 12.0. The average Bonchev–Trinajstić information content (AvgIpc) is 2.54. The van der Waals surface area contributed by atoms with Crippen LogP contribution in [0.25, 0.3) is 0 Å². The molecule has 0 fully saturated rings. The lowest BCUT2D eigenvalue weighted by Crippen LogP contribution is -2.32. The Bertz CT molecular complexity index is 768. The quantitative estimate of drug-likeness (QED) is 0.617. The van der Waals surface area contributed by atoms with Gasteiger partial charge in [-0.1, -0.05) is 56.3 Å². The molecule has 0 aliphatic rings. The number of esters is 1. The highest BCUT2D eigenvalue weighted by Gasteiger charge is 2.14. The van der Waals surface area contributed by atoms with Crippen LogP contribution < -0.4 is 9.46 Å². The number of carbonyl (C=O) groups is 1. The number of benzene rings is 2. The minimum atomic E-state index is -3.59. The molecule has 0 atom stereocenters. The zero-order valence-electron chi connectivity index (χ0n) is 13.7. The molecule has 0 spiro atoms.